The number of carbonyl (C=O) groups excluding carboxylic acids is 1. The number of hydrogen-bond donors (Lipinski definition) is 0. The van der Waals surface area contributed by atoms with E-state index in [9.17, 15) is 13.6 Å². The zero-order valence-electron chi connectivity index (χ0n) is 13.6. The van der Waals surface area contributed by atoms with Crippen molar-refractivity contribution in [1.82, 2.24) is 0 Å². The van der Waals surface area contributed by atoms with Gasteiger partial charge < -0.3 is 4.74 Å². The van der Waals surface area contributed by atoms with Crippen molar-refractivity contribution in [3.63, 3.8) is 0 Å². The first-order valence-corrected chi connectivity index (χ1v) is 8.14. The third kappa shape index (κ3) is 2.78. The molecule has 0 fully saturated rings. The number of halogens is 2. The molecule has 1 atom stereocenters. The molecular formula is C21H16F2O2. The van der Waals surface area contributed by atoms with Crippen LogP contribution in [-0.2, 0) is 10.7 Å². The molecule has 4 rings (SSSR count). The Balaban J connectivity index is 1.88. The van der Waals surface area contributed by atoms with E-state index in [2.05, 4.69) is 0 Å². The van der Waals surface area contributed by atoms with Crippen molar-refractivity contribution in [3.05, 3.63) is 77.4 Å². The molecule has 0 spiro atoms. The molecule has 3 aromatic rings. The Hall–Kier alpha value is -2.75. The second kappa shape index (κ2) is 5.66. The van der Waals surface area contributed by atoms with Crippen LogP contribution in [0.3, 0.4) is 0 Å². The first-order valence-electron chi connectivity index (χ1n) is 8.14. The van der Waals surface area contributed by atoms with E-state index >= 15 is 0 Å². The molecule has 0 saturated heterocycles. The summed E-state index contributed by atoms with van der Waals surface area (Å²) < 4.78 is 32.9. The zero-order valence-corrected chi connectivity index (χ0v) is 13.6. The maximum absolute atomic E-state index is 13.7. The molecule has 3 aromatic carbocycles. The standard InChI is InChI=1S/C21H16F2O2/c1-21(22,23)15-7-4-6-14(11-15)18-12-19(24)25-20-16-8-3-2-5-13(16)9-10-17(18)20/h2-11,18H,12H2,1H3. The van der Waals surface area contributed by atoms with Crippen molar-refractivity contribution in [2.75, 3.05) is 0 Å². The fourth-order valence-electron chi connectivity index (χ4n) is 3.41. The lowest BCUT2D eigenvalue weighted by atomic mass is 9.84. The molecule has 1 aliphatic rings. The number of rotatable bonds is 2. The Kier molecular flexibility index (Phi) is 3.57. The van der Waals surface area contributed by atoms with E-state index < -0.39 is 5.92 Å². The van der Waals surface area contributed by atoms with Crippen LogP contribution in [0, 0.1) is 0 Å². The second-order valence-electron chi connectivity index (χ2n) is 6.45. The van der Waals surface area contributed by atoms with Gasteiger partial charge in [-0.1, -0.05) is 54.6 Å². The number of ether oxygens (including phenoxy) is 1. The summed E-state index contributed by atoms with van der Waals surface area (Å²) >= 11 is 0. The Bertz CT molecular complexity index is 973. The highest BCUT2D eigenvalue weighted by atomic mass is 19.3. The van der Waals surface area contributed by atoms with Crippen molar-refractivity contribution in [3.8, 4) is 5.75 Å². The van der Waals surface area contributed by atoms with Gasteiger partial charge in [-0.2, -0.15) is 0 Å². The van der Waals surface area contributed by atoms with Gasteiger partial charge in [-0.3, -0.25) is 4.79 Å². The highest BCUT2D eigenvalue weighted by Crippen LogP contribution is 2.43. The summed E-state index contributed by atoms with van der Waals surface area (Å²) in [6, 6.07) is 17.9. The van der Waals surface area contributed by atoms with Gasteiger partial charge in [0.15, 0.2) is 0 Å². The molecule has 0 saturated carbocycles. The van der Waals surface area contributed by atoms with Gasteiger partial charge in [-0.25, -0.2) is 8.78 Å². The predicted molar refractivity (Wildman–Crippen MR) is 92.1 cm³/mol. The van der Waals surface area contributed by atoms with Crippen LogP contribution in [0.4, 0.5) is 8.78 Å². The smallest absolute Gasteiger partial charge is 0.312 e. The molecule has 0 aromatic heterocycles. The summed E-state index contributed by atoms with van der Waals surface area (Å²) in [5.41, 5.74) is 1.51. The Labute approximate surface area is 144 Å². The van der Waals surface area contributed by atoms with Crippen molar-refractivity contribution >= 4 is 16.7 Å². The van der Waals surface area contributed by atoms with Crippen LogP contribution >= 0.6 is 0 Å². The first-order chi connectivity index (χ1) is 11.9. The monoisotopic (exact) mass is 338 g/mol. The number of benzene rings is 3. The summed E-state index contributed by atoms with van der Waals surface area (Å²) in [5.74, 6) is -3.02. The van der Waals surface area contributed by atoms with Gasteiger partial charge in [0.1, 0.15) is 5.75 Å². The molecule has 0 aliphatic carbocycles. The largest absolute Gasteiger partial charge is 0.426 e. The van der Waals surface area contributed by atoms with Gasteiger partial charge in [0.2, 0.25) is 0 Å². The molecule has 25 heavy (non-hydrogen) atoms. The second-order valence-corrected chi connectivity index (χ2v) is 6.45. The summed E-state index contributed by atoms with van der Waals surface area (Å²) in [6.07, 6.45) is 0.143. The highest BCUT2D eigenvalue weighted by molar-refractivity contribution is 5.93. The summed E-state index contributed by atoms with van der Waals surface area (Å²) in [6.45, 7) is 0.878. The fraction of sp³-hybridized carbons (Fsp3) is 0.190. The Morgan fingerprint density at radius 1 is 1.04 bits per heavy atom. The van der Waals surface area contributed by atoms with Gasteiger partial charge >= 0.3 is 5.97 Å². The molecule has 0 N–H and O–H groups in total. The van der Waals surface area contributed by atoms with Gasteiger partial charge in [0.05, 0.1) is 6.42 Å². The number of hydrogen-bond acceptors (Lipinski definition) is 2. The van der Waals surface area contributed by atoms with Crippen LogP contribution in [0.5, 0.6) is 5.75 Å². The molecule has 126 valence electrons. The van der Waals surface area contributed by atoms with Gasteiger partial charge in [0.25, 0.3) is 5.92 Å². The normalized spacial score (nSPS) is 17.2. The van der Waals surface area contributed by atoms with E-state index in [1.165, 1.54) is 12.1 Å². The van der Waals surface area contributed by atoms with Gasteiger partial charge in [-0.15, -0.1) is 0 Å². The molecule has 0 amide bonds. The van der Waals surface area contributed by atoms with E-state index in [1.807, 2.05) is 36.4 Å². The van der Waals surface area contributed by atoms with Crippen LogP contribution in [-0.4, -0.2) is 5.97 Å². The molecule has 0 bridgehead atoms. The molecule has 0 radical (unpaired) electrons. The van der Waals surface area contributed by atoms with E-state index in [-0.39, 0.29) is 23.9 Å². The van der Waals surface area contributed by atoms with Crippen molar-refractivity contribution < 1.29 is 18.3 Å². The van der Waals surface area contributed by atoms with E-state index in [1.54, 1.807) is 12.1 Å². The third-order valence-corrected chi connectivity index (χ3v) is 4.67. The summed E-state index contributed by atoms with van der Waals surface area (Å²) in [7, 11) is 0. The lowest BCUT2D eigenvalue weighted by molar-refractivity contribution is -0.135. The summed E-state index contributed by atoms with van der Waals surface area (Å²) in [4.78, 5) is 12.2. The predicted octanol–water partition coefficient (Wildman–Crippen LogP) is 5.39. The lowest BCUT2D eigenvalue weighted by Gasteiger charge is -2.26. The molecule has 1 aliphatic heterocycles. The van der Waals surface area contributed by atoms with Crippen molar-refractivity contribution in [1.29, 1.82) is 0 Å². The molecule has 4 heteroatoms. The van der Waals surface area contributed by atoms with Crippen molar-refractivity contribution in [2.24, 2.45) is 0 Å². The average molecular weight is 338 g/mol. The van der Waals surface area contributed by atoms with Crippen LogP contribution in [0.15, 0.2) is 60.7 Å². The Morgan fingerprint density at radius 2 is 1.84 bits per heavy atom. The SMILES string of the molecule is CC(F)(F)c1cccc(C2CC(=O)Oc3c2ccc2ccccc32)c1. The fourth-order valence-corrected chi connectivity index (χ4v) is 3.41. The third-order valence-electron chi connectivity index (χ3n) is 4.67. The maximum Gasteiger partial charge on any atom is 0.312 e. The Morgan fingerprint density at radius 3 is 2.64 bits per heavy atom. The number of alkyl halides is 2. The van der Waals surface area contributed by atoms with E-state index in [4.69, 9.17) is 4.74 Å². The maximum atomic E-state index is 13.7. The molecular weight excluding hydrogens is 322 g/mol. The lowest BCUT2D eigenvalue weighted by Crippen LogP contribution is -2.21. The number of esters is 1. The minimum absolute atomic E-state index is 0.0497. The minimum atomic E-state index is -2.92. The minimum Gasteiger partial charge on any atom is -0.426 e. The topological polar surface area (TPSA) is 26.3 Å². The quantitative estimate of drug-likeness (QED) is 0.462. The molecule has 1 heterocycles. The molecule has 2 nitrogen and oxygen atoms in total. The number of fused-ring (bicyclic) bond motifs is 3. The van der Waals surface area contributed by atoms with Crippen LogP contribution in [0.25, 0.3) is 10.8 Å². The van der Waals surface area contributed by atoms with E-state index in [0.717, 1.165) is 23.3 Å². The molecule has 1 unspecified atom stereocenters. The van der Waals surface area contributed by atoms with Crippen LogP contribution < -0.4 is 4.74 Å². The van der Waals surface area contributed by atoms with Gasteiger partial charge in [-0.05, 0) is 17.0 Å². The average Bonchev–Trinajstić information content (AvgIpc) is 2.60. The van der Waals surface area contributed by atoms with Gasteiger partial charge in [0, 0.05) is 29.4 Å². The van der Waals surface area contributed by atoms with Crippen LogP contribution in [0.1, 0.15) is 36.0 Å². The first kappa shape index (κ1) is 15.8. The summed E-state index contributed by atoms with van der Waals surface area (Å²) in [5, 5.41) is 1.83. The van der Waals surface area contributed by atoms with E-state index in [0.29, 0.717) is 11.3 Å². The number of carbonyl (C=O) groups is 1. The van der Waals surface area contributed by atoms with Crippen LogP contribution in [0.2, 0.25) is 0 Å². The zero-order chi connectivity index (χ0) is 17.6. The highest BCUT2D eigenvalue weighted by Gasteiger charge is 2.31. The van der Waals surface area contributed by atoms with Crippen molar-refractivity contribution in [2.45, 2.75) is 25.2 Å².